The normalized spacial score (nSPS) is 40.8. The Labute approximate surface area is 71.2 Å². The molecule has 0 aliphatic heterocycles. The summed E-state index contributed by atoms with van der Waals surface area (Å²) in [6.07, 6.45) is 2.15. The first-order chi connectivity index (χ1) is 5.46. The number of ketones is 1. The molecule has 2 N–H and O–H groups in total. The minimum atomic E-state index is -3.67. The lowest BCUT2D eigenvalue weighted by Gasteiger charge is -2.21. The fraction of sp³-hybridized carbons (Fsp3) is 0.857. The number of sulfonamides is 1. The van der Waals surface area contributed by atoms with Crippen molar-refractivity contribution >= 4 is 15.8 Å². The highest BCUT2D eigenvalue weighted by Crippen LogP contribution is 2.48. The Morgan fingerprint density at radius 1 is 1.50 bits per heavy atom. The minimum Gasteiger partial charge on any atom is -0.298 e. The maximum Gasteiger partial charge on any atom is 0.222 e. The predicted molar refractivity (Wildman–Crippen MR) is 42.8 cm³/mol. The molecule has 2 aliphatic carbocycles. The molecule has 0 aromatic carbocycles. The van der Waals surface area contributed by atoms with Crippen molar-refractivity contribution in [3.63, 3.8) is 0 Å². The zero-order valence-electron chi connectivity index (χ0n) is 6.62. The fourth-order valence-corrected chi connectivity index (χ4v) is 3.67. The van der Waals surface area contributed by atoms with Crippen LogP contribution in [-0.4, -0.2) is 18.9 Å². The van der Waals surface area contributed by atoms with Gasteiger partial charge in [-0.3, -0.25) is 4.79 Å². The molecule has 0 unspecified atom stereocenters. The van der Waals surface area contributed by atoms with Gasteiger partial charge in [0.2, 0.25) is 10.0 Å². The van der Waals surface area contributed by atoms with E-state index in [9.17, 15) is 13.2 Å². The summed E-state index contributed by atoms with van der Waals surface area (Å²) in [5, 5.41) is 5.05. The van der Waals surface area contributed by atoms with Gasteiger partial charge in [-0.05, 0) is 25.2 Å². The van der Waals surface area contributed by atoms with Crippen molar-refractivity contribution in [1.82, 2.24) is 0 Å². The van der Waals surface area contributed by atoms with Crippen molar-refractivity contribution in [2.24, 2.45) is 11.1 Å². The lowest BCUT2D eigenvalue weighted by molar-refractivity contribution is -0.120. The summed E-state index contributed by atoms with van der Waals surface area (Å²) >= 11 is 0. The Morgan fingerprint density at radius 3 is 2.42 bits per heavy atom. The second-order valence-corrected chi connectivity index (χ2v) is 5.65. The van der Waals surface area contributed by atoms with E-state index in [0.29, 0.717) is 19.3 Å². The van der Waals surface area contributed by atoms with Crippen molar-refractivity contribution < 1.29 is 13.2 Å². The summed E-state index contributed by atoms with van der Waals surface area (Å²) in [6.45, 7) is 0. The van der Waals surface area contributed by atoms with Crippen molar-refractivity contribution in [3.8, 4) is 0 Å². The smallest absolute Gasteiger partial charge is 0.222 e. The lowest BCUT2D eigenvalue weighted by atomic mass is 9.99. The number of fused-ring (bicyclic) bond motifs is 2. The average Bonchev–Trinajstić information content (AvgIpc) is 2.41. The maximum absolute atomic E-state index is 11.3. The van der Waals surface area contributed by atoms with Crippen LogP contribution < -0.4 is 5.14 Å². The van der Waals surface area contributed by atoms with Crippen LogP contribution in [0.1, 0.15) is 25.7 Å². The molecule has 12 heavy (non-hydrogen) atoms. The van der Waals surface area contributed by atoms with E-state index in [1.165, 1.54) is 0 Å². The van der Waals surface area contributed by atoms with Crippen LogP contribution in [0.25, 0.3) is 0 Å². The van der Waals surface area contributed by atoms with E-state index in [4.69, 9.17) is 5.14 Å². The summed E-state index contributed by atoms with van der Waals surface area (Å²) in [4.78, 5) is 11.3. The van der Waals surface area contributed by atoms with Crippen LogP contribution in [0.5, 0.6) is 0 Å². The molecule has 2 fully saturated rings. The van der Waals surface area contributed by atoms with E-state index in [2.05, 4.69) is 0 Å². The molecule has 2 rings (SSSR count). The van der Waals surface area contributed by atoms with E-state index in [-0.39, 0.29) is 11.7 Å². The van der Waals surface area contributed by atoms with Crippen LogP contribution in [-0.2, 0) is 14.8 Å². The molecule has 0 radical (unpaired) electrons. The molecule has 2 atom stereocenters. The molecular weight excluding hydrogens is 178 g/mol. The Bertz CT molecular complexity index is 335. The van der Waals surface area contributed by atoms with Gasteiger partial charge in [0, 0.05) is 6.42 Å². The highest BCUT2D eigenvalue weighted by Gasteiger charge is 2.58. The zero-order valence-corrected chi connectivity index (χ0v) is 7.43. The van der Waals surface area contributed by atoms with Gasteiger partial charge in [-0.2, -0.15) is 0 Å². The zero-order chi connectivity index (χ0) is 8.98. The van der Waals surface area contributed by atoms with E-state index >= 15 is 0 Å². The Hall–Kier alpha value is -0.420. The van der Waals surface area contributed by atoms with Gasteiger partial charge in [0.25, 0.3) is 0 Å². The fourth-order valence-electron chi connectivity index (χ4n) is 2.40. The SMILES string of the molecule is NS(=O)(=O)[C@@]12CC[C@@H](CC1=O)C2. The third-order valence-electron chi connectivity index (χ3n) is 3.10. The van der Waals surface area contributed by atoms with Gasteiger partial charge in [-0.15, -0.1) is 0 Å². The van der Waals surface area contributed by atoms with Gasteiger partial charge in [-0.25, -0.2) is 13.6 Å². The number of primary sulfonamides is 1. The largest absolute Gasteiger partial charge is 0.298 e. The molecule has 2 aliphatic rings. The quantitative estimate of drug-likeness (QED) is 0.619. The summed E-state index contributed by atoms with van der Waals surface area (Å²) in [5.74, 6) is 0.108. The van der Waals surface area contributed by atoms with Crippen LogP contribution in [0.3, 0.4) is 0 Å². The van der Waals surface area contributed by atoms with E-state index in [1.807, 2.05) is 0 Å². The van der Waals surface area contributed by atoms with Gasteiger partial charge >= 0.3 is 0 Å². The van der Waals surface area contributed by atoms with Crippen LogP contribution >= 0.6 is 0 Å². The van der Waals surface area contributed by atoms with Crippen LogP contribution in [0.4, 0.5) is 0 Å². The third-order valence-corrected chi connectivity index (χ3v) is 4.79. The topological polar surface area (TPSA) is 77.2 Å². The van der Waals surface area contributed by atoms with Gasteiger partial charge in [-0.1, -0.05) is 0 Å². The lowest BCUT2D eigenvalue weighted by Crippen LogP contribution is -2.45. The van der Waals surface area contributed by atoms with Gasteiger partial charge in [0.1, 0.15) is 4.75 Å². The molecule has 0 aromatic rings. The molecule has 0 spiro atoms. The average molecular weight is 189 g/mol. The van der Waals surface area contributed by atoms with Crippen molar-refractivity contribution in [2.45, 2.75) is 30.4 Å². The Kier molecular flexibility index (Phi) is 1.42. The van der Waals surface area contributed by atoms with Gasteiger partial charge < -0.3 is 0 Å². The number of carbonyl (C=O) groups excluding carboxylic acids is 1. The van der Waals surface area contributed by atoms with Crippen molar-refractivity contribution in [3.05, 3.63) is 0 Å². The molecule has 0 heterocycles. The van der Waals surface area contributed by atoms with Gasteiger partial charge in [0.05, 0.1) is 0 Å². The van der Waals surface area contributed by atoms with E-state index in [1.54, 1.807) is 0 Å². The third kappa shape index (κ3) is 0.806. The number of Topliss-reactive ketones (excluding diaryl/α,β-unsaturated/α-hetero) is 1. The van der Waals surface area contributed by atoms with E-state index < -0.39 is 14.8 Å². The summed E-state index contributed by atoms with van der Waals surface area (Å²) in [5.41, 5.74) is 0. The first-order valence-electron chi connectivity index (χ1n) is 4.01. The number of hydrogen-bond acceptors (Lipinski definition) is 3. The molecule has 0 aromatic heterocycles. The highest BCUT2D eigenvalue weighted by molar-refractivity contribution is 7.91. The number of carbonyl (C=O) groups is 1. The van der Waals surface area contributed by atoms with Crippen LogP contribution in [0.15, 0.2) is 0 Å². The second kappa shape index (κ2) is 2.09. The highest BCUT2D eigenvalue weighted by atomic mass is 32.2. The molecule has 68 valence electrons. The molecule has 0 amide bonds. The first kappa shape index (κ1) is 8.19. The predicted octanol–water partition coefficient (Wildman–Crippen LogP) is -0.213. The Morgan fingerprint density at radius 2 is 2.17 bits per heavy atom. The number of nitrogens with two attached hydrogens (primary N) is 1. The molecular formula is C7H11NO3S. The molecule has 0 saturated heterocycles. The number of rotatable bonds is 1. The summed E-state index contributed by atoms with van der Waals surface area (Å²) < 4.78 is 21.2. The molecule has 2 saturated carbocycles. The monoisotopic (exact) mass is 189 g/mol. The summed E-state index contributed by atoms with van der Waals surface area (Å²) in [7, 11) is -3.67. The minimum absolute atomic E-state index is 0.166. The Balaban J connectivity index is 2.50. The molecule has 4 nitrogen and oxygen atoms in total. The molecule has 2 bridgehead atoms. The van der Waals surface area contributed by atoms with Gasteiger partial charge in [0.15, 0.2) is 5.78 Å². The summed E-state index contributed by atoms with van der Waals surface area (Å²) in [6, 6.07) is 0. The first-order valence-corrected chi connectivity index (χ1v) is 5.56. The van der Waals surface area contributed by atoms with E-state index in [0.717, 1.165) is 6.42 Å². The van der Waals surface area contributed by atoms with Crippen molar-refractivity contribution in [1.29, 1.82) is 0 Å². The second-order valence-electron chi connectivity index (χ2n) is 3.78. The van der Waals surface area contributed by atoms with Crippen LogP contribution in [0.2, 0.25) is 0 Å². The van der Waals surface area contributed by atoms with Crippen molar-refractivity contribution in [2.75, 3.05) is 0 Å². The number of hydrogen-bond donors (Lipinski definition) is 1. The molecule has 5 heteroatoms. The van der Waals surface area contributed by atoms with Crippen LogP contribution in [0, 0.1) is 5.92 Å². The maximum atomic E-state index is 11.3. The standard InChI is InChI=1S/C7H11NO3S/c8-12(10,11)7-2-1-5(4-7)3-6(7)9/h5H,1-4H2,(H2,8,10,11)/t5-,7+/m0/s1.